The number of rotatable bonds is 4. The molecule has 2 N–H and O–H groups in total. The zero-order chi connectivity index (χ0) is 23.5. The maximum Gasteiger partial charge on any atom is 0.254 e. The topological polar surface area (TPSA) is 111 Å². The van der Waals surface area contributed by atoms with Crippen LogP contribution in [-0.4, -0.2) is 42.3 Å². The van der Waals surface area contributed by atoms with Gasteiger partial charge >= 0.3 is 0 Å². The molecule has 0 bridgehead atoms. The summed E-state index contributed by atoms with van der Waals surface area (Å²) in [5.41, 5.74) is 9.99. The number of nitrogens with zero attached hydrogens (tertiary/aromatic N) is 6. The Kier molecular flexibility index (Phi) is 5.90. The highest BCUT2D eigenvalue weighted by molar-refractivity contribution is 5.95. The van der Waals surface area contributed by atoms with Crippen molar-refractivity contribution in [2.24, 2.45) is 0 Å². The molecule has 170 valence electrons. The van der Waals surface area contributed by atoms with Crippen LogP contribution in [0.5, 0.6) is 0 Å². The first-order valence-corrected chi connectivity index (χ1v) is 11.0. The normalized spacial score (nSPS) is 15.8. The van der Waals surface area contributed by atoms with E-state index in [1.165, 1.54) is 18.5 Å². The minimum absolute atomic E-state index is 0.118. The van der Waals surface area contributed by atoms with E-state index in [-0.39, 0.29) is 23.7 Å². The van der Waals surface area contributed by atoms with Gasteiger partial charge in [-0.15, -0.1) is 0 Å². The lowest BCUT2D eigenvalue weighted by molar-refractivity contribution is 0.0607. The quantitative estimate of drug-likeness (QED) is 0.493. The van der Waals surface area contributed by atoms with Gasteiger partial charge in [0.05, 0.1) is 17.4 Å². The molecule has 5 rings (SSSR count). The summed E-state index contributed by atoms with van der Waals surface area (Å²) in [5, 5.41) is 0. The summed E-state index contributed by atoms with van der Waals surface area (Å²) < 4.78 is 13.5. The number of aromatic nitrogens is 5. The number of nitrogen functional groups attached to an aromatic ring is 1. The number of anilines is 1. The van der Waals surface area contributed by atoms with Crippen LogP contribution in [0.2, 0.25) is 0 Å². The second kappa shape index (κ2) is 9.30. The monoisotopic (exact) mass is 455 g/mol. The van der Waals surface area contributed by atoms with E-state index in [1.807, 2.05) is 4.90 Å². The van der Waals surface area contributed by atoms with Gasteiger partial charge in [-0.05, 0) is 49.1 Å². The van der Waals surface area contributed by atoms with E-state index in [9.17, 15) is 9.18 Å². The van der Waals surface area contributed by atoms with Gasteiger partial charge in [0, 0.05) is 48.0 Å². The van der Waals surface area contributed by atoms with Gasteiger partial charge in [-0.1, -0.05) is 12.1 Å². The van der Waals surface area contributed by atoms with Crippen LogP contribution >= 0.6 is 0 Å². The summed E-state index contributed by atoms with van der Waals surface area (Å²) in [6.45, 7) is 0.586. The molecule has 9 heteroatoms. The number of likely N-dealkylation sites (tertiary alicyclic amines) is 1. The molecule has 34 heavy (non-hydrogen) atoms. The molecular formula is C25H22FN7O. The lowest BCUT2D eigenvalue weighted by atomic mass is 9.93. The minimum atomic E-state index is -0.326. The van der Waals surface area contributed by atoms with Gasteiger partial charge < -0.3 is 10.6 Å². The predicted molar refractivity (Wildman–Crippen MR) is 125 cm³/mol. The van der Waals surface area contributed by atoms with Crippen LogP contribution in [0.3, 0.4) is 0 Å². The van der Waals surface area contributed by atoms with Crippen LogP contribution in [0.4, 0.5) is 10.3 Å². The molecule has 1 aliphatic rings. The van der Waals surface area contributed by atoms with Crippen molar-refractivity contribution in [3.8, 4) is 22.4 Å². The summed E-state index contributed by atoms with van der Waals surface area (Å²) >= 11 is 0. The van der Waals surface area contributed by atoms with E-state index in [0.29, 0.717) is 23.5 Å². The van der Waals surface area contributed by atoms with Crippen LogP contribution in [-0.2, 0) is 0 Å². The smallest absolute Gasteiger partial charge is 0.254 e. The number of hydrogen-bond acceptors (Lipinski definition) is 7. The first kappa shape index (κ1) is 21.6. The first-order valence-electron chi connectivity index (χ1n) is 11.0. The average Bonchev–Trinajstić information content (AvgIpc) is 2.89. The highest BCUT2D eigenvalue weighted by atomic mass is 19.1. The Balaban J connectivity index is 1.52. The highest BCUT2D eigenvalue weighted by Crippen LogP contribution is 2.37. The molecule has 1 aromatic carbocycles. The van der Waals surface area contributed by atoms with E-state index in [4.69, 9.17) is 5.73 Å². The lowest BCUT2D eigenvalue weighted by Gasteiger charge is -2.36. The van der Waals surface area contributed by atoms with Gasteiger partial charge in [0.25, 0.3) is 5.91 Å². The van der Waals surface area contributed by atoms with Gasteiger partial charge in [-0.3, -0.25) is 9.78 Å². The Morgan fingerprint density at radius 3 is 2.59 bits per heavy atom. The van der Waals surface area contributed by atoms with Crippen LogP contribution in [0.25, 0.3) is 22.4 Å². The highest BCUT2D eigenvalue weighted by Gasteiger charge is 2.32. The van der Waals surface area contributed by atoms with E-state index in [2.05, 4.69) is 24.9 Å². The summed E-state index contributed by atoms with van der Waals surface area (Å²) in [7, 11) is 0. The molecule has 4 aromatic rings. The summed E-state index contributed by atoms with van der Waals surface area (Å²) in [6, 6.07) is 9.32. The second-order valence-electron chi connectivity index (χ2n) is 8.10. The maximum absolute atomic E-state index is 13.7. The summed E-state index contributed by atoms with van der Waals surface area (Å²) in [4.78, 5) is 36.6. The number of pyridine rings is 1. The van der Waals surface area contributed by atoms with Crippen molar-refractivity contribution in [3.05, 3.63) is 84.6 Å². The molecule has 8 nitrogen and oxygen atoms in total. The molecule has 1 aliphatic heterocycles. The number of piperidine rings is 1. The van der Waals surface area contributed by atoms with E-state index >= 15 is 0 Å². The third kappa shape index (κ3) is 4.32. The van der Waals surface area contributed by atoms with Crippen LogP contribution < -0.4 is 5.73 Å². The van der Waals surface area contributed by atoms with Gasteiger partial charge in [0.1, 0.15) is 12.1 Å². The van der Waals surface area contributed by atoms with Crippen molar-refractivity contribution >= 4 is 11.9 Å². The van der Waals surface area contributed by atoms with Crippen LogP contribution in [0, 0.1) is 5.82 Å². The van der Waals surface area contributed by atoms with Gasteiger partial charge in [-0.2, -0.15) is 0 Å². The molecule has 0 spiro atoms. The minimum Gasteiger partial charge on any atom is -0.368 e. The molecule has 1 amide bonds. The SMILES string of the molecule is Nc1ncc(-c2ccc(F)cc2)c([C@H]2CCCCN2C(=O)c2ccnc(-c3cncnc3)c2)n1. The zero-order valence-electron chi connectivity index (χ0n) is 18.3. The molecule has 0 aliphatic carbocycles. The third-order valence-corrected chi connectivity index (χ3v) is 5.93. The second-order valence-corrected chi connectivity index (χ2v) is 8.10. The Labute approximate surface area is 195 Å². The van der Waals surface area contributed by atoms with Crippen molar-refractivity contribution in [2.45, 2.75) is 25.3 Å². The predicted octanol–water partition coefficient (Wildman–Crippen LogP) is 4.08. The van der Waals surface area contributed by atoms with Crippen molar-refractivity contribution in [1.29, 1.82) is 0 Å². The Bertz CT molecular complexity index is 1310. The van der Waals surface area contributed by atoms with Crippen LogP contribution in [0.15, 0.2) is 67.5 Å². The largest absolute Gasteiger partial charge is 0.368 e. The van der Waals surface area contributed by atoms with Crippen LogP contribution in [0.1, 0.15) is 41.4 Å². The zero-order valence-corrected chi connectivity index (χ0v) is 18.3. The van der Waals surface area contributed by atoms with Crippen molar-refractivity contribution in [1.82, 2.24) is 29.8 Å². The molecule has 0 saturated carbocycles. The lowest BCUT2D eigenvalue weighted by Crippen LogP contribution is -2.39. The Hall–Kier alpha value is -4.27. The molecule has 0 radical (unpaired) electrons. The molecule has 1 fully saturated rings. The summed E-state index contributed by atoms with van der Waals surface area (Å²) in [6.07, 6.45) is 10.6. The standard InChI is InChI=1S/C25H22FN7O/c26-19-6-4-16(5-7-19)20-14-31-25(27)32-23(20)22-3-1-2-10-33(22)24(34)17-8-9-30-21(11-17)18-12-28-15-29-13-18/h4-9,11-15,22H,1-3,10H2,(H2,27,31,32)/t22-/m1/s1. The van der Waals surface area contributed by atoms with E-state index < -0.39 is 0 Å². The Morgan fingerprint density at radius 2 is 1.79 bits per heavy atom. The number of benzene rings is 1. The van der Waals surface area contributed by atoms with Crippen molar-refractivity contribution < 1.29 is 9.18 Å². The Morgan fingerprint density at radius 1 is 1.00 bits per heavy atom. The van der Waals surface area contributed by atoms with Gasteiger partial charge in [0.2, 0.25) is 5.95 Å². The molecule has 1 atom stereocenters. The summed E-state index contributed by atoms with van der Waals surface area (Å²) in [5.74, 6) is -0.310. The number of nitrogens with two attached hydrogens (primary N) is 1. The molecule has 3 aromatic heterocycles. The van der Waals surface area contributed by atoms with Crippen molar-refractivity contribution in [3.63, 3.8) is 0 Å². The molecule has 4 heterocycles. The first-order chi connectivity index (χ1) is 16.6. The number of carbonyl (C=O) groups excluding carboxylic acids is 1. The van der Waals surface area contributed by atoms with E-state index in [0.717, 1.165) is 36.0 Å². The fourth-order valence-corrected chi connectivity index (χ4v) is 4.29. The van der Waals surface area contributed by atoms with Gasteiger partial charge in [-0.25, -0.2) is 24.3 Å². The fourth-order valence-electron chi connectivity index (χ4n) is 4.29. The fraction of sp³-hybridized carbons (Fsp3) is 0.200. The van der Waals surface area contributed by atoms with E-state index in [1.54, 1.807) is 49.1 Å². The number of carbonyl (C=O) groups is 1. The average molecular weight is 455 g/mol. The number of amides is 1. The third-order valence-electron chi connectivity index (χ3n) is 5.93. The number of halogens is 1. The van der Waals surface area contributed by atoms with Crippen molar-refractivity contribution in [2.75, 3.05) is 12.3 Å². The maximum atomic E-state index is 13.7. The molecule has 0 unspecified atom stereocenters. The number of hydrogen-bond donors (Lipinski definition) is 1. The molecule has 1 saturated heterocycles. The van der Waals surface area contributed by atoms with Gasteiger partial charge in [0.15, 0.2) is 0 Å². The molecular weight excluding hydrogens is 433 g/mol.